The molecule has 0 radical (unpaired) electrons. The fourth-order valence-electron chi connectivity index (χ4n) is 4.68. The first-order valence-electron chi connectivity index (χ1n) is 12.0. The van der Waals surface area contributed by atoms with Crippen LogP contribution in [0, 0.1) is 17.6 Å². The highest BCUT2D eigenvalue weighted by Crippen LogP contribution is 2.34. The van der Waals surface area contributed by atoms with Crippen molar-refractivity contribution in [1.29, 1.82) is 0 Å². The lowest BCUT2D eigenvalue weighted by atomic mass is 9.79. The first-order valence-corrected chi connectivity index (χ1v) is 12.0. The smallest absolute Gasteiger partial charge is 0.326 e. The van der Waals surface area contributed by atoms with E-state index >= 15 is 0 Å². The number of carbonyl (C=O) groups is 2. The molecule has 4 rings (SSSR count). The molecule has 182 valence electrons. The van der Waals surface area contributed by atoms with Gasteiger partial charge in [-0.2, -0.15) is 0 Å². The van der Waals surface area contributed by atoms with Gasteiger partial charge in [0.1, 0.15) is 17.7 Å². The van der Waals surface area contributed by atoms with Crippen molar-refractivity contribution in [3.05, 3.63) is 64.5 Å². The van der Waals surface area contributed by atoms with Gasteiger partial charge >= 0.3 is 5.97 Å². The van der Waals surface area contributed by atoms with E-state index in [-0.39, 0.29) is 19.1 Å². The second kappa shape index (κ2) is 11.0. The maximum absolute atomic E-state index is 13.8. The summed E-state index contributed by atoms with van der Waals surface area (Å²) in [6.45, 7) is 0.174. The summed E-state index contributed by atoms with van der Waals surface area (Å²) in [5.41, 5.74) is 3.41. The number of halogens is 2. The molecule has 1 heterocycles. The molecule has 1 atom stereocenters. The van der Waals surface area contributed by atoms with Crippen molar-refractivity contribution in [2.75, 3.05) is 6.61 Å². The van der Waals surface area contributed by atoms with Gasteiger partial charge in [-0.15, -0.1) is 0 Å². The van der Waals surface area contributed by atoms with Gasteiger partial charge in [-0.25, -0.2) is 13.6 Å². The maximum Gasteiger partial charge on any atom is 0.326 e. The number of rotatable bonds is 10. The summed E-state index contributed by atoms with van der Waals surface area (Å²) in [5.74, 6) is -3.41. The van der Waals surface area contributed by atoms with Crippen LogP contribution in [-0.2, 0) is 28.8 Å². The number of hydrogen-bond acceptors (Lipinski definition) is 4. The Kier molecular flexibility index (Phi) is 7.88. The van der Waals surface area contributed by atoms with E-state index in [0.29, 0.717) is 12.0 Å². The number of benzene rings is 1. The predicted molar refractivity (Wildman–Crippen MR) is 122 cm³/mol. The highest BCUT2D eigenvalue weighted by Gasteiger charge is 2.30. The van der Waals surface area contributed by atoms with Crippen LogP contribution in [0.15, 0.2) is 30.3 Å². The summed E-state index contributed by atoms with van der Waals surface area (Å²) < 4.78 is 32.6. The molecule has 2 aromatic rings. The number of aromatic nitrogens is 1. The summed E-state index contributed by atoms with van der Waals surface area (Å²) >= 11 is 0. The molecule has 0 saturated heterocycles. The minimum Gasteiger partial charge on any atom is -0.480 e. The van der Waals surface area contributed by atoms with Crippen molar-refractivity contribution in [2.45, 2.75) is 69.9 Å². The van der Waals surface area contributed by atoms with E-state index in [1.807, 2.05) is 0 Å². The molecule has 0 bridgehead atoms. The molecule has 1 fully saturated rings. The molecule has 2 aliphatic carbocycles. The maximum atomic E-state index is 13.8. The fourth-order valence-corrected chi connectivity index (χ4v) is 4.68. The highest BCUT2D eigenvalue weighted by molar-refractivity contribution is 5.96. The van der Waals surface area contributed by atoms with Gasteiger partial charge in [-0.1, -0.05) is 6.07 Å². The topological polar surface area (TPSA) is 88.5 Å². The van der Waals surface area contributed by atoms with Gasteiger partial charge < -0.3 is 15.2 Å². The molecule has 0 spiro atoms. The van der Waals surface area contributed by atoms with Gasteiger partial charge in [0.25, 0.3) is 5.91 Å². The Morgan fingerprint density at radius 2 is 1.94 bits per heavy atom. The van der Waals surface area contributed by atoms with Crippen LogP contribution in [0.3, 0.4) is 0 Å². The van der Waals surface area contributed by atoms with Crippen LogP contribution >= 0.6 is 0 Å². The number of amides is 1. The van der Waals surface area contributed by atoms with Crippen molar-refractivity contribution < 1.29 is 28.2 Å². The molecule has 1 unspecified atom stereocenters. The van der Waals surface area contributed by atoms with Crippen molar-refractivity contribution in [2.24, 2.45) is 5.92 Å². The van der Waals surface area contributed by atoms with Gasteiger partial charge in [0.2, 0.25) is 0 Å². The monoisotopic (exact) mass is 472 g/mol. The first kappa shape index (κ1) is 24.3. The fraction of sp³-hybridized carbons (Fsp3) is 0.500. The Balaban J connectivity index is 1.16. The lowest BCUT2D eigenvalue weighted by Gasteiger charge is -2.35. The van der Waals surface area contributed by atoms with Gasteiger partial charge in [0.15, 0.2) is 0 Å². The zero-order valence-corrected chi connectivity index (χ0v) is 19.1. The van der Waals surface area contributed by atoms with Crippen LogP contribution in [0.25, 0.3) is 0 Å². The van der Waals surface area contributed by atoms with E-state index in [0.717, 1.165) is 56.4 Å². The summed E-state index contributed by atoms with van der Waals surface area (Å²) in [7, 11) is 0. The van der Waals surface area contributed by atoms with Gasteiger partial charge in [0.05, 0.1) is 11.7 Å². The molecule has 2 aliphatic rings. The molecule has 2 N–H and O–H groups in total. The Labute approximate surface area is 197 Å². The third-order valence-corrected chi connectivity index (χ3v) is 6.78. The van der Waals surface area contributed by atoms with E-state index in [1.54, 1.807) is 0 Å². The lowest BCUT2D eigenvalue weighted by molar-refractivity contribution is -0.140. The molecule has 1 aromatic heterocycles. The van der Waals surface area contributed by atoms with Crippen LogP contribution in [-0.4, -0.2) is 40.7 Å². The summed E-state index contributed by atoms with van der Waals surface area (Å²) in [5, 5.41) is 11.7. The van der Waals surface area contributed by atoms with Crippen LogP contribution in [0.5, 0.6) is 0 Å². The Hall–Kier alpha value is -2.87. The van der Waals surface area contributed by atoms with Gasteiger partial charge in [-0.3, -0.25) is 9.78 Å². The number of carbonyl (C=O) groups excluding carboxylic acids is 1. The minimum atomic E-state index is -1.23. The standard InChI is InChI=1S/C26H30F2N2O4/c27-18-7-10-21(22(28)15-18)25(31)30-24(26(32)33)11-12-34-20-13-16(14-20)5-8-19-9-6-17-3-1-2-4-23(17)29-19/h6-7,9-10,15-16,20,24H,1-5,8,11-14H2,(H,30,31)(H,32,33). The molecule has 1 aromatic carbocycles. The van der Waals surface area contributed by atoms with Crippen LogP contribution in [0.2, 0.25) is 0 Å². The molecule has 34 heavy (non-hydrogen) atoms. The lowest BCUT2D eigenvalue weighted by Crippen LogP contribution is -2.42. The van der Waals surface area contributed by atoms with Crippen molar-refractivity contribution in [3.8, 4) is 0 Å². The van der Waals surface area contributed by atoms with Crippen LogP contribution < -0.4 is 5.32 Å². The van der Waals surface area contributed by atoms with Gasteiger partial charge in [-0.05, 0) is 81.0 Å². The highest BCUT2D eigenvalue weighted by atomic mass is 19.1. The SMILES string of the molecule is O=C(NC(CCOC1CC(CCc2ccc3c(n2)CCCC3)C1)C(=O)O)c1ccc(F)cc1F. The van der Waals surface area contributed by atoms with Crippen molar-refractivity contribution in [1.82, 2.24) is 10.3 Å². The van der Waals surface area contributed by atoms with E-state index in [2.05, 4.69) is 17.4 Å². The largest absolute Gasteiger partial charge is 0.480 e. The number of carboxylic acids is 1. The number of fused-ring (bicyclic) bond motifs is 1. The Morgan fingerprint density at radius 3 is 2.71 bits per heavy atom. The Morgan fingerprint density at radius 1 is 1.15 bits per heavy atom. The predicted octanol–water partition coefficient (Wildman–Crippen LogP) is 4.24. The van der Waals surface area contributed by atoms with E-state index in [9.17, 15) is 23.5 Å². The van der Waals surface area contributed by atoms with Crippen LogP contribution in [0.1, 0.15) is 65.8 Å². The normalized spacial score (nSPS) is 20.2. The second-order valence-electron chi connectivity index (χ2n) is 9.26. The van der Waals surface area contributed by atoms with E-state index in [1.165, 1.54) is 24.1 Å². The summed E-state index contributed by atoms with van der Waals surface area (Å²) in [4.78, 5) is 28.5. The number of hydrogen-bond donors (Lipinski definition) is 2. The average Bonchev–Trinajstić information content (AvgIpc) is 2.78. The number of ether oxygens (including phenoxy) is 1. The zero-order valence-electron chi connectivity index (χ0n) is 19.1. The number of pyridine rings is 1. The molecule has 6 nitrogen and oxygen atoms in total. The number of aliphatic carboxylic acids is 1. The van der Waals surface area contributed by atoms with E-state index in [4.69, 9.17) is 9.72 Å². The summed E-state index contributed by atoms with van der Waals surface area (Å²) in [6.07, 6.45) is 8.71. The second-order valence-corrected chi connectivity index (χ2v) is 9.26. The van der Waals surface area contributed by atoms with Crippen molar-refractivity contribution >= 4 is 11.9 Å². The quantitative estimate of drug-likeness (QED) is 0.540. The number of nitrogens with zero attached hydrogens (tertiary/aromatic N) is 1. The molecular weight excluding hydrogens is 442 g/mol. The van der Waals surface area contributed by atoms with Gasteiger partial charge in [0, 0.05) is 30.5 Å². The third kappa shape index (κ3) is 6.17. The average molecular weight is 473 g/mol. The zero-order chi connectivity index (χ0) is 24.1. The first-order chi connectivity index (χ1) is 16.4. The molecule has 8 heteroatoms. The number of nitrogens with one attached hydrogen (secondary N) is 1. The molecule has 1 saturated carbocycles. The molecular formula is C26H30F2N2O4. The summed E-state index contributed by atoms with van der Waals surface area (Å²) in [6, 6.07) is 5.68. The molecule has 0 aliphatic heterocycles. The van der Waals surface area contributed by atoms with Crippen LogP contribution in [0.4, 0.5) is 8.78 Å². The number of carboxylic acid groups (broad SMARTS) is 1. The minimum absolute atomic E-state index is 0.0596. The van der Waals surface area contributed by atoms with Crippen molar-refractivity contribution in [3.63, 3.8) is 0 Å². The van der Waals surface area contributed by atoms with E-state index < -0.39 is 35.1 Å². The number of aryl methyl sites for hydroxylation is 3. The Bertz CT molecular complexity index is 1040. The third-order valence-electron chi connectivity index (χ3n) is 6.78. The molecule has 1 amide bonds.